The topological polar surface area (TPSA) is 151 Å². The number of nitrogens with zero attached hydrogens (tertiary/aromatic N) is 5. The Hall–Kier alpha value is -5.93. The summed E-state index contributed by atoms with van der Waals surface area (Å²) in [5.41, 5.74) is 3.51. The fraction of sp³-hybridized carbons (Fsp3) is 0.250. The highest BCUT2D eigenvalue weighted by Crippen LogP contribution is 2.37. The number of fused-ring (bicyclic) bond motifs is 1. The van der Waals surface area contributed by atoms with Crippen LogP contribution in [0.25, 0.3) is 28.3 Å². The molecule has 12 nitrogen and oxygen atoms in total. The maximum absolute atomic E-state index is 14.3. The van der Waals surface area contributed by atoms with Crippen LogP contribution in [-0.2, 0) is 9.84 Å². The second-order valence-electron chi connectivity index (χ2n) is 13.3. The average Bonchev–Trinajstić information content (AvgIpc) is 3.56. The Balaban J connectivity index is 1.17. The summed E-state index contributed by atoms with van der Waals surface area (Å²) in [6.07, 6.45) is 6.52. The van der Waals surface area contributed by atoms with Crippen molar-refractivity contribution in [2.24, 2.45) is 0 Å². The van der Waals surface area contributed by atoms with Crippen molar-refractivity contribution in [3.63, 3.8) is 0 Å². The van der Waals surface area contributed by atoms with E-state index in [4.69, 9.17) is 14.7 Å². The van der Waals surface area contributed by atoms with Gasteiger partial charge in [-0.3, -0.25) is 9.20 Å². The van der Waals surface area contributed by atoms with Crippen LogP contribution in [0.5, 0.6) is 11.5 Å². The molecule has 3 N–H and O–H groups in total. The molecule has 3 aromatic carbocycles. The van der Waals surface area contributed by atoms with Crippen molar-refractivity contribution < 1.29 is 31.8 Å². The number of likely N-dealkylation sites (tertiary alicyclic amines) is 1. The number of rotatable bonds is 12. The summed E-state index contributed by atoms with van der Waals surface area (Å²) in [5.74, 6) is -1.80. The molecule has 0 spiro atoms. The van der Waals surface area contributed by atoms with E-state index in [1.807, 2.05) is 47.9 Å². The average molecular weight is 768 g/mol. The molecule has 0 bridgehead atoms. The number of phenolic OH excluding ortho intramolecular Hbond substituents is 1. The van der Waals surface area contributed by atoms with Crippen LogP contribution in [0.15, 0.2) is 91.3 Å². The van der Waals surface area contributed by atoms with Crippen molar-refractivity contribution in [1.29, 1.82) is 0 Å². The summed E-state index contributed by atoms with van der Waals surface area (Å²) in [4.78, 5) is 29.6. The molecular formula is C40H39F2N7O5S. The van der Waals surface area contributed by atoms with Crippen molar-refractivity contribution in [2.75, 3.05) is 48.9 Å². The van der Waals surface area contributed by atoms with E-state index in [0.29, 0.717) is 64.7 Å². The first kappa shape index (κ1) is 37.4. The lowest BCUT2D eigenvalue weighted by molar-refractivity contribution is 0.102. The quantitative estimate of drug-likeness (QED) is 0.118. The molecule has 0 unspecified atom stereocenters. The van der Waals surface area contributed by atoms with Crippen LogP contribution in [0.3, 0.4) is 0 Å². The minimum atomic E-state index is -3.01. The number of piperidine rings is 1. The molecule has 3 aromatic heterocycles. The number of hydrogen-bond donors (Lipinski definition) is 3. The number of phenols is 1. The van der Waals surface area contributed by atoms with E-state index >= 15 is 0 Å². The Morgan fingerprint density at radius 3 is 2.51 bits per heavy atom. The van der Waals surface area contributed by atoms with E-state index in [1.165, 1.54) is 24.5 Å². The fourth-order valence-electron chi connectivity index (χ4n) is 6.73. The van der Waals surface area contributed by atoms with Gasteiger partial charge in [0, 0.05) is 30.8 Å². The number of benzene rings is 3. The van der Waals surface area contributed by atoms with Gasteiger partial charge in [0.05, 0.1) is 40.7 Å². The Labute approximate surface area is 316 Å². The van der Waals surface area contributed by atoms with Crippen molar-refractivity contribution >= 4 is 38.7 Å². The molecule has 55 heavy (non-hydrogen) atoms. The summed E-state index contributed by atoms with van der Waals surface area (Å²) in [5, 5.41) is 16.2. The van der Waals surface area contributed by atoms with Crippen LogP contribution in [0.1, 0.15) is 41.6 Å². The second kappa shape index (κ2) is 15.8. The number of nitrogens with one attached hydrogen (secondary N) is 2. The summed E-state index contributed by atoms with van der Waals surface area (Å²) in [6.45, 7) is 4.54. The smallest absolute Gasteiger partial charge is 0.259 e. The normalized spacial score (nSPS) is 13.9. The molecule has 6 aromatic rings. The maximum Gasteiger partial charge on any atom is 0.259 e. The van der Waals surface area contributed by atoms with Crippen molar-refractivity contribution in [2.45, 2.75) is 25.7 Å². The van der Waals surface area contributed by atoms with Crippen LogP contribution < -0.4 is 15.4 Å². The number of carbonyl (C=O) groups excluding carboxylic acids is 1. The number of ether oxygens (including phenoxy) is 1. The number of aromatic nitrogens is 4. The lowest BCUT2D eigenvalue weighted by Crippen LogP contribution is -2.36. The molecule has 1 saturated heterocycles. The number of sulfone groups is 1. The van der Waals surface area contributed by atoms with Gasteiger partial charge in [0.15, 0.2) is 0 Å². The van der Waals surface area contributed by atoms with Gasteiger partial charge in [-0.1, -0.05) is 18.2 Å². The second-order valence-corrected chi connectivity index (χ2v) is 15.6. The number of imidazole rings is 1. The van der Waals surface area contributed by atoms with Gasteiger partial charge in [-0.25, -0.2) is 32.2 Å². The van der Waals surface area contributed by atoms with E-state index in [9.17, 15) is 27.1 Å². The van der Waals surface area contributed by atoms with Gasteiger partial charge < -0.3 is 25.4 Å². The molecule has 15 heteroatoms. The van der Waals surface area contributed by atoms with E-state index in [1.54, 1.807) is 18.3 Å². The first-order chi connectivity index (χ1) is 26.5. The van der Waals surface area contributed by atoms with Gasteiger partial charge in [-0.2, -0.15) is 0 Å². The first-order valence-corrected chi connectivity index (χ1v) is 19.9. The molecule has 4 heterocycles. The van der Waals surface area contributed by atoms with Gasteiger partial charge in [0.25, 0.3) is 5.91 Å². The van der Waals surface area contributed by atoms with Crippen LogP contribution in [0.4, 0.5) is 26.1 Å². The molecule has 0 aliphatic carbocycles. The van der Waals surface area contributed by atoms with E-state index in [-0.39, 0.29) is 17.1 Å². The monoisotopic (exact) mass is 767 g/mol. The maximum atomic E-state index is 14.3. The van der Waals surface area contributed by atoms with Crippen molar-refractivity contribution in [3.8, 4) is 34.1 Å². The zero-order chi connectivity index (χ0) is 38.7. The predicted octanol–water partition coefficient (Wildman–Crippen LogP) is 7.06. The van der Waals surface area contributed by atoms with Gasteiger partial charge in [0.2, 0.25) is 5.95 Å². The van der Waals surface area contributed by atoms with Gasteiger partial charge in [-0.15, -0.1) is 0 Å². The van der Waals surface area contributed by atoms with Crippen LogP contribution in [0.2, 0.25) is 0 Å². The highest BCUT2D eigenvalue weighted by atomic mass is 32.2. The van der Waals surface area contributed by atoms with Gasteiger partial charge in [-0.05, 0) is 105 Å². The van der Waals surface area contributed by atoms with Crippen LogP contribution in [0, 0.1) is 11.6 Å². The Bertz CT molecular complexity index is 2470. The predicted molar refractivity (Wildman–Crippen MR) is 207 cm³/mol. The number of hydrogen-bond acceptors (Lipinski definition) is 10. The summed E-state index contributed by atoms with van der Waals surface area (Å²) >= 11 is 0. The third kappa shape index (κ3) is 8.42. The summed E-state index contributed by atoms with van der Waals surface area (Å²) < 4.78 is 59.9. The molecule has 1 aliphatic heterocycles. The lowest BCUT2D eigenvalue weighted by atomic mass is 9.89. The van der Waals surface area contributed by atoms with E-state index in [2.05, 4.69) is 26.6 Å². The zero-order valence-corrected chi connectivity index (χ0v) is 31.0. The molecule has 1 aliphatic rings. The Kier molecular flexibility index (Phi) is 10.7. The third-order valence-electron chi connectivity index (χ3n) is 9.53. The molecule has 1 amide bonds. The Morgan fingerprint density at radius 2 is 1.76 bits per heavy atom. The number of halogens is 2. The summed E-state index contributed by atoms with van der Waals surface area (Å²) in [6, 6.07) is 20.8. The SMILES string of the molecule is CCOc1cc(C2CCN(CCS(C)(=O)=O)CC2)ccc1Nc1nccc(-c2c(-c3ccc(O)c(C(=O)Nc4c(F)cccc4F)c3)nc3ccccn23)n1. The number of para-hydroxylation sites is 1. The van der Waals surface area contributed by atoms with E-state index < -0.39 is 33.1 Å². The van der Waals surface area contributed by atoms with Crippen molar-refractivity contribution in [1.82, 2.24) is 24.3 Å². The minimum Gasteiger partial charge on any atom is -0.507 e. The molecule has 0 radical (unpaired) electrons. The highest BCUT2D eigenvalue weighted by Gasteiger charge is 2.24. The lowest BCUT2D eigenvalue weighted by Gasteiger charge is -2.32. The molecule has 284 valence electrons. The number of amides is 1. The molecule has 0 atom stereocenters. The van der Waals surface area contributed by atoms with Crippen LogP contribution in [-0.4, -0.2) is 81.9 Å². The van der Waals surface area contributed by atoms with E-state index in [0.717, 1.165) is 43.6 Å². The first-order valence-electron chi connectivity index (χ1n) is 17.8. The number of aromatic hydroxyl groups is 1. The van der Waals surface area contributed by atoms with Gasteiger partial charge in [0.1, 0.15) is 44.3 Å². The molecule has 7 rings (SSSR count). The fourth-order valence-corrected chi connectivity index (χ4v) is 7.32. The molecule has 1 fully saturated rings. The van der Waals surface area contributed by atoms with Crippen molar-refractivity contribution in [3.05, 3.63) is 114 Å². The highest BCUT2D eigenvalue weighted by molar-refractivity contribution is 7.90. The number of carbonyl (C=O) groups is 1. The number of pyridine rings is 1. The standard InChI is InChI=1S/C40H39F2N7O5S/c1-3-54-34-24-26(25-15-19-48(20-16-25)21-22-55(2,52)53)10-12-31(34)44-40-43-17-14-32(45-40)38-36(46-35-9-4-5-18-49(35)38)27-11-13-33(50)28(23-27)39(51)47-37-29(41)7-6-8-30(37)42/h4-14,17-18,23-25,50H,3,15-16,19-22H2,1-2H3,(H,47,51)(H,43,44,45). The molecule has 0 saturated carbocycles. The number of anilines is 3. The third-order valence-corrected chi connectivity index (χ3v) is 10.5. The zero-order valence-electron chi connectivity index (χ0n) is 30.2. The summed E-state index contributed by atoms with van der Waals surface area (Å²) in [7, 11) is -3.01. The Morgan fingerprint density at radius 1 is 0.982 bits per heavy atom. The molecular weight excluding hydrogens is 729 g/mol. The van der Waals surface area contributed by atoms with Crippen LogP contribution >= 0.6 is 0 Å². The van der Waals surface area contributed by atoms with Gasteiger partial charge >= 0.3 is 0 Å². The minimum absolute atomic E-state index is 0.159. The largest absolute Gasteiger partial charge is 0.507 e.